The average molecular weight is 277 g/mol. The van der Waals surface area contributed by atoms with Crippen LogP contribution in [0.25, 0.3) is 6.08 Å². The highest BCUT2D eigenvalue weighted by Crippen LogP contribution is 2.42. The third kappa shape index (κ3) is 2.92. The Labute approximate surface area is 118 Å². The molecule has 0 saturated carbocycles. The first kappa shape index (κ1) is 14.4. The Morgan fingerprint density at radius 3 is 2.60 bits per heavy atom. The largest absolute Gasteiger partial charge is 0.490 e. The Hall–Kier alpha value is -2.04. The molecule has 0 radical (unpaired) electrons. The van der Waals surface area contributed by atoms with Gasteiger partial charge in [-0.2, -0.15) is 0 Å². The van der Waals surface area contributed by atoms with Crippen LogP contribution in [0.1, 0.15) is 37.0 Å². The minimum absolute atomic E-state index is 0.469. The van der Waals surface area contributed by atoms with E-state index in [1.807, 2.05) is 19.9 Å². The SMILES string of the molecule is CCOc1c(C=C[N+](=O)[O-])cc2c(c1OCC)CCC2. The van der Waals surface area contributed by atoms with Crippen LogP contribution in [0.5, 0.6) is 11.5 Å². The van der Waals surface area contributed by atoms with E-state index in [1.165, 1.54) is 17.2 Å². The highest BCUT2D eigenvalue weighted by atomic mass is 16.6. The molecule has 1 aromatic carbocycles. The Bertz CT molecular complexity index is 537. The second-order valence-electron chi connectivity index (χ2n) is 4.58. The van der Waals surface area contributed by atoms with Gasteiger partial charge in [0.2, 0.25) is 6.20 Å². The molecule has 2 rings (SSSR count). The van der Waals surface area contributed by atoms with Crippen molar-refractivity contribution in [3.63, 3.8) is 0 Å². The maximum Gasteiger partial charge on any atom is 0.235 e. The van der Waals surface area contributed by atoms with Gasteiger partial charge < -0.3 is 9.47 Å². The van der Waals surface area contributed by atoms with Crippen LogP contribution in [-0.2, 0) is 12.8 Å². The van der Waals surface area contributed by atoms with Gasteiger partial charge in [-0.1, -0.05) is 0 Å². The number of ether oxygens (including phenoxy) is 2. The van der Waals surface area contributed by atoms with Crippen LogP contribution in [0.3, 0.4) is 0 Å². The zero-order chi connectivity index (χ0) is 14.5. The van der Waals surface area contributed by atoms with E-state index in [1.54, 1.807) is 0 Å². The molecular formula is C15H19NO4. The summed E-state index contributed by atoms with van der Waals surface area (Å²) in [5.74, 6) is 1.38. The van der Waals surface area contributed by atoms with Crippen LogP contribution in [0, 0.1) is 10.1 Å². The van der Waals surface area contributed by atoms with Crippen LogP contribution >= 0.6 is 0 Å². The molecule has 5 nitrogen and oxygen atoms in total. The van der Waals surface area contributed by atoms with Gasteiger partial charge in [-0.15, -0.1) is 0 Å². The Kier molecular flexibility index (Phi) is 4.61. The molecule has 1 aromatic rings. The predicted molar refractivity (Wildman–Crippen MR) is 76.8 cm³/mol. The normalized spacial score (nSPS) is 13.5. The van der Waals surface area contributed by atoms with Gasteiger partial charge in [-0.25, -0.2) is 0 Å². The molecule has 0 spiro atoms. The summed E-state index contributed by atoms with van der Waals surface area (Å²) in [5, 5.41) is 10.5. The minimum Gasteiger partial charge on any atom is -0.490 e. The second-order valence-corrected chi connectivity index (χ2v) is 4.58. The summed E-state index contributed by atoms with van der Waals surface area (Å²) in [4.78, 5) is 10.1. The number of nitrogens with zero attached hydrogens (tertiary/aromatic N) is 1. The summed E-state index contributed by atoms with van der Waals surface area (Å²) in [7, 11) is 0. The molecule has 108 valence electrons. The van der Waals surface area contributed by atoms with Crippen molar-refractivity contribution in [3.8, 4) is 11.5 Å². The second kappa shape index (κ2) is 6.41. The first-order valence-electron chi connectivity index (χ1n) is 6.93. The van der Waals surface area contributed by atoms with Crippen LogP contribution < -0.4 is 9.47 Å². The van der Waals surface area contributed by atoms with E-state index in [0.29, 0.717) is 24.5 Å². The zero-order valence-corrected chi connectivity index (χ0v) is 11.8. The monoisotopic (exact) mass is 277 g/mol. The molecule has 0 bridgehead atoms. The molecule has 0 amide bonds. The molecule has 0 aliphatic heterocycles. The number of nitro groups is 1. The van der Waals surface area contributed by atoms with Crippen molar-refractivity contribution in [1.29, 1.82) is 0 Å². The summed E-state index contributed by atoms with van der Waals surface area (Å²) >= 11 is 0. The fraction of sp³-hybridized carbons (Fsp3) is 0.467. The van der Waals surface area contributed by atoms with Gasteiger partial charge in [0.25, 0.3) is 0 Å². The van der Waals surface area contributed by atoms with Crippen molar-refractivity contribution in [2.75, 3.05) is 13.2 Å². The van der Waals surface area contributed by atoms with Crippen molar-refractivity contribution in [3.05, 3.63) is 39.1 Å². The van der Waals surface area contributed by atoms with Gasteiger partial charge in [-0.3, -0.25) is 10.1 Å². The lowest BCUT2D eigenvalue weighted by molar-refractivity contribution is -0.400. The topological polar surface area (TPSA) is 61.6 Å². The van der Waals surface area contributed by atoms with Gasteiger partial charge in [0.15, 0.2) is 11.5 Å². The maximum absolute atomic E-state index is 10.5. The molecule has 0 N–H and O–H groups in total. The standard InChI is InChI=1S/C15H19NO4/c1-3-19-14-12(8-9-16(17)18)10-11-6-5-7-13(11)15(14)20-4-2/h8-10H,3-7H2,1-2H3. The number of fused-ring (bicyclic) bond motifs is 1. The van der Waals surface area contributed by atoms with Gasteiger partial charge in [-0.05, 0) is 44.7 Å². The first-order chi connectivity index (χ1) is 9.67. The van der Waals surface area contributed by atoms with E-state index in [4.69, 9.17) is 9.47 Å². The van der Waals surface area contributed by atoms with Crippen LogP contribution in [0.15, 0.2) is 12.3 Å². The zero-order valence-electron chi connectivity index (χ0n) is 11.8. The average Bonchev–Trinajstić information content (AvgIpc) is 2.87. The van der Waals surface area contributed by atoms with E-state index >= 15 is 0 Å². The van der Waals surface area contributed by atoms with Crippen molar-refractivity contribution < 1.29 is 14.4 Å². The fourth-order valence-electron chi connectivity index (χ4n) is 2.56. The van der Waals surface area contributed by atoms with Gasteiger partial charge >= 0.3 is 0 Å². The molecule has 0 saturated heterocycles. The van der Waals surface area contributed by atoms with Gasteiger partial charge in [0.1, 0.15) is 0 Å². The van der Waals surface area contributed by atoms with E-state index < -0.39 is 4.92 Å². The lowest BCUT2D eigenvalue weighted by Crippen LogP contribution is -2.04. The van der Waals surface area contributed by atoms with Crippen LogP contribution in [0.4, 0.5) is 0 Å². The number of aryl methyl sites for hydroxylation is 1. The molecule has 5 heteroatoms. The fourth-order valence-corrected chi connectivity index (χ4v) is 2.56. The van der Waals surface area contributed by atoms with Gasteiger partial charge in [0.05, 0.1) is 18.1 Å². The molecule has 0 fully saturated rings. The lowest BCUT2D eigenvalue weighted by Gasteiger charge is -2.17. The van der Waals surface area contributed by atoms with E-state index in [9.17, 15) is 10.1 Å². The Morgan fingerprint density at radius 2 is 1.95 bits per heavy atom. The number of hydrogen-bond donors (Lipinski definition) is 0. The lowest BCUT2D eigenvalue weighted by atomic mass is 10.0. The van der Waals surface area contributed by atoms with Crippen LogP contribution in [0.2, 0.25) is 0 Å². The summed E-state index contributed by atoms with van der Waals surface area (Å²) in [6.45, 7) is 4.87. The molecule has 20 heavy (non-hydrogen) atoms. The molecular weight excluding hydrogens is 258 g/mol. The van der Waals surface area contributed by atoms with Crippen molar-refractivity contribution >= 4 is 6.08 Å². The van der Waals surface area contributed by atoms with E-state index in [-0.39, 0.29) is 0 Å². The highest BCUT2D eigenvalue weighted by Gasteiger charge is 2.23. The van der Waals surface area contributed by atoms with Crippen LogP contribution in [-0.4, -0.2) is 18.1 Å². The van der Waals surface area contributed by atoms with Crippen molar-refractivity contribution in [2.45, 2.75) is 33.1 Å². The third-order valence-corrected chi connectivity index (χ3v) is 3.29. The molecule has 1 aliphatic carbocycles. The number of hydrogen-bond acceptors (Lipinski definition) is 4. The molecule has 0 atom stereocenters. The van der Waals surface area contributed by atoms with Crippen molar-refractivity contribution in [1.82, 2.24) is 0 Å². The summed E-state index contributed by atoms with van der Waals surface area (Å²) in [6.07, 6.45) is 5.47. The van der Waals surface area contributed by atoms with E-state index in [0.717, 1.165) is 31.2 Å². The summed E-state index contributed by atoms with van der Waals surface area (Å²) < 4.78 is 11.4. The molecule has 0 unspecified atom stereocenters. The minimum atomic E-state index is -0.469. The highest BCUT2D eigenvalue weighted by molar-refractivity contribution is 5.67. The Morgan fingerprint density at radius 1 is 1.25 bits per heavy atom. The summed E-state index contributed by atoms with van der Waals surface area (Å²) in [6, 6.07) is 1.98. The molecule has 1 aliphatic rings. The predicted octanol–water partition coefficient (Wildman–Crippen LogP) is 3.22. The first-order valence-corrected chi connectivity index (χ1v) is 6.93. The van der Waals surface area contributed by atoms with Gasteiger partial charge in [0, 0.05) is 17.2 Å². The summed E-state index contributed by atoms with van der Waals surface area (Å²) in [5.41, 5.74) is 3.11. The Balaban J connectivity index is 2.54. The number of benzene rings is 1. The molecule has 0 heterocycles. The van der Waals surface area contributed by atoms with Crippen molar-refractivity contribution in [2.24, 2.45) is 0 Å². The third-order valence-electron chi connectivity index (χ3n) is 3.29. The number of rotatable bonds is 6. The van der Waals surface area contributed by atoms with E-state index in [2.05, 4.69) is 0 Å². The maximum atomic E-state index is 10.5. The quantitative estimate of drug-likeness (QED) is 0.591. The smallest absolute Gasteiger partial charge is 0.235 e. The molecule has 0 aromatic heterocycles.